The molecule has 0 unspecified atom stereocenters. The first-order chi connectivity index (χ1) is 9.24. The number of thiol groups is 1. The third-order valence-electron chi connectivity index (χ3n) is 3.07. The topological polar surface area (TPSA) is 28.7 Å². The molecule has 1 N–H and O–H groups in total. The molecule has 0 fully saturated rings. The normalized spacial score (nSPS) is 10.6. The van der Waals surface area contributed by atoms with Gasteiger partial charge in [-0.1, -0.05) is 60.2 Å². The van der Waals surface area contributed by atoms with E-state index in [0.29, 0.717) is 0 Å². The summed E-state index contributed by atoms with van der Waals surface area (Å²) in [6.07, 6.45) is 0. The molecule has 1 heterocycles. The minimum atomic E-state index is 0.724. The van der Waals surface area contributed by atoms with Gasteiger partial charge in [0.15, 0.2) is 0 Å². The van der Waals surface area contributed by atoms with Crippen LogP contribution in [0.15, 0.2) is 59.6 Å². The van der Waals surface area contributed by atoms with E-state index in [1.54, 1.807) is 0 Å². The minimum Gasteiger partial charge on any atom is -0.337 e. The molecule has 2 aromatic carbocycles. The van der Waals surface area contributed by atoms with Crippen LogP contribution in [0.5, 0.6) is 0 Å². The van der Waals surface area contributed by atoms with E-state index < -0.39 is 0 Å². The van der Waals surface area contributed by atoms with Crippen LogP contribution >= 0.6 is 12.6 Å². The average Bonchev–Trinajstić information content (AvgIpc) is 2.83. The Labute approximate surface area is 117 Å². The maximum Gasteiger partial charge on any atom is 0.139 e. The second-order valence-corrected chi connectivity index (χ2v) is 4.94. The second-order valence-electron chi connectivity index (χ2n) is 4.52. The Kier molecular flexibility index (Phi) is 3.13. The average molecular weight is 266 g/mol. The third kappa shape index (κ3) is 2.42. The van der Waals surface area contributed by atoms with Crippen LogP contribution in [-0.2, 0) is 0 Å². The molecule has 3 heteroatoms. The van der Waals surface area contributed by atoms with Gasteiger partial charge in [-0.2, -0.15) is 0 Å². The van der Waals surface area contributed by atoms with Crippen LogP contribution in [-0.4, -0.2) is 9.97 Å². The van der Waals surface area contributed by atoms with Crippen LogP contribution in [0.4, 0.5) is 0 Å². The zero-order chi connectivity index (χ0) is 13.2. The highest BCUT2D eigenvalue weighted by Crippen LogP contribution is 2.28. The van der Waals surface area contributed by atoms with Gasteiger partial charge in [0.2, 0.25) is 0 Å². The van der Waals surface area contributed by atoms with Gasteiger partial charge in [0.1, 0.15) is 10.9 Å². The first-order valence-corrected chi connectivity index (χ1v) is 6.60. The monoisotopic (exact) mass is 266 g/mol. The Hall–Kier alpha value is -2.00. The zero-order valence-electron chi connectivity index (χ0n) is 10.6. The van der Waals surface area contributed by atoms with Crippen molar-refractivity contribution < 1.29 is 0 Å². The fourth-order valence-corrected chi connectivity index (χ4v) is 2.30. The van der Waals surface area contributed by atoms with E-state index >= 15 is 0 Å². The van der Waals surface area contributed by atoms with E-state index in [4.69, 9.17) is 0 Å². The molecular formula is C16H14N2S. The smallest absolute Gasteiger partial charge is 0.139 e. The van der Waals surface area contributed by atoms with Crippen molar-refractivity contribution in [1.82, 2.24) is 9.97 Å². The summed E-state index contributed by atoms with van der Waals surface area (Å²) in [7, 11) is 0. The van der Waals surface area contributed by atoms with Crippen molar-refractivity contribution in [2.75, 3.05) is 0 Å². The summed E-state index contributed by atoms with van der Waals surface area (Å²) < 4.78 is 0. The molecule has 0 amide bonds. The zero-order valence-corrected chi connectivity index (χ0v) is 11.5. The van der Waals surface area contributed by atoms with E-state index in [1.165, 1.54) is 5.56 Å². The molecule has 0 aliphatic rings. The summed E-state index contributed by atoms with van der Waals surface area (Å²) in [4.78, 5) is 7.84. The number of nitrogens with zero attached hydrogens (tertiary/aromatic N) is 1. The highest BCUT2D eigenvalue weighted by atomic mass is 32.1. The largest absolute Gasteiger partial charge is 0.337 e. The molecule has 0 saturated heterocycles. The fraction of sp³-hybridized carbons (Fsp3) is 0.0625. The number of aromatic amines is 1. The van der Waals surface area contributed by atoms with Crippen LogP contribution in [0.25, 0.3) is 22.6 Å². The van der Waals surface area contributed by atoms with Crippen molar-refractivity contribution in [2.45, 2.75) is 11.9 Å². The molecule has 3 aromatic rings. The van der Waals surface area contributed by atoms with Gasteiger partial charge in [0, 0.05) is 11.1 Å². The van der Waals surface area contributed by atoms with Crippen molar-refractivity contribution in [3.8, 4) is 22.6 Å². The van der Waals surface area contributed by atoms with Gasteiger partial charge < -0.3 is 4.98 Å². The van der Waals surface area contributed by atoms with Crippen LogP contribution in [0, 0.1) is 6.92 Å². The Morgan fingerprint density at radius 2 is 1.58 bits per heavy atom. The molecule has 0 saturated carbocycles. The van der Waals surface area contributed by atoms with Crippen LogP contribution in [0.3, 0.4) is 0 Å². The molecule has 19 heavy (non-hydrogen) atoms. The van der Waals surface area contributed by atoms with Crippen molar-refractivity contribution in [3.05, 3.63) is 60.2 Å². The lowest BCUT2D eigenvalue weighted by molar-refractivity contribution is 1.21. The van der Waals surface area contributed by atoms with Gasteiger partial charge >= 0.3 is 0 Å². The Morgan fingerprint density at radius 3 is 2.26 bits per heavy atom. The van der Waals surface area contributed by atoms with Gasteiger partial charge in [-0.25, -0.2) is 4.98 Å². The first kappa shape index (κ1) is 12.1. The number of rotatable bonds is 2. The summed E-state index contributed by atoms with van der Waals surface area (Å²) in [5.74, 6) is 0.851. The first-order valence-electron chi connectivity index (χ1n) is 6.15. The molecule has 94 valence electrons. The number of hydrogen-bond donors (Lipinski definition) is 2. The standard InChI is InChI=1S/C16H14N2S/c1-11-7-9-13(10-8-11)15-17-14(16(19)18-15)12-5-3-2-4-6-12/h2-10,19H,1H3,(H,17,18). The lowest BCUT2D eigenvalue weighted by atomic mass is 10.1. The summed E-state index contributed by atoms with van der Waals surface area (Å²) in [5.41, 5.74) is 4.37. The van der Waals surface area contributed by atoms with E-state index in [-0.39, 0.29) is 0 Å². The number of H-pyrrole nitrogens is 1. The maximum absolute atomic E-state index is 4.50. The molecular weight excluding hydrogens is 252 g/mol. The quantitative estimate of drug-likeness (QED) is 0.664. The predicted octanol–water partition coefficient (Wildman–Crippen LogP) is 4.34. The molecule has 0 bridgehead atoms. The van der Waals surface area contributed by atoms with Crippen LogP contribution < -0.4 is 0 Å². The molecule has 0 atom stereocenters. The molecule has 2 nitrogen and oxygen atoms in total. The van der Waals surface area contributed by atoms with Crippen molar-refractivity contribution in [2.24, 2.45) is 0 Å². The molecule has 0 spiro atoms. The van der Waals surface area contributed by atoms with E-state index in [9.17, 15) is 0 Å². The van der Waals surface area contributed by atoms with Gasteiger partial charge in [0.25, 0.3) is 0 Å². The summed E-state index contributed by atoms with van der Waals surface area (Å²) >= 11 is 4.46. The van der Waals surface area contributed by atoms with E-state index in [0.717, 1.165) is 27.7 Å². The summed E-state index contributed by atoms with van der Waals surface area (Å²) in [5, 5.41) is 0.724. The molecule has 0 aliphatic heterocycles. The fourth-order valence-electron chi connectivity index (χ4n) is 2.02. The summed E-state index contributed by atoms with van der Waals surface area (Å²) in [6.45, 7) is 2.07. The van der Waals surface area contributed by atoms with Gasteiger partial charge in [-0.15, -0.1) is 12.6 Å². The van der Waals surface area contributed by atoms with E-state index in [2.05, 4.69) is 53.8 Å². The third-order valence-corrected chi connectivity index (χ3v) is 3.40. The molecule has 1 aromatic heterocycles. The Bertz CT molecular complexity index is 685. The van der Waals surface area contributed by atoms with Gasteiger partial charge in [0.05, 0.1) is 5.69 Å². The lowest BCUT2D eigenvalue weighted by Crippen LogP contribution is -1.81. The Balaban J connectivity index is 2.04. The predicted molar refractivity (Wildman–Crippen MR) is 81.4 cm³/mol. The molecule has 3 rings (SSSR count). The number of aromatic nitrogens is 2. The maximum atomic E-state index is 4.50. The number of imidazole rings is 1. The van der Waals surface area contributed by atoms with Gasteiger partial charge in [-0.3, -0.25) is 0 Å². The highest BCUT2D eigenvalue weighted by molar-refractivity contribution is 7.80. The second kappa shape index (κ2) is 4.94. The Morgan fingerprint density at radius 1 is 0.895 bits per heavy atom. The highest BCUT2D eigenvalue weighted by Gasteiger charge is 2.10. The molecule has 0 aliphatic carbocycles. The van der Waals surface area contributed by atoms with Crippen molar-refractivity contribution in [1.29, 1.82) is 0 Å². The number of hydrogen-bond acceptors (Lipinski definition) is 2. The minimum absolute atomic E-state index is 0.724. The van der Waals surface area contributed by atoms with Crippen molar-refractivity contribution in [3.63, 3.8) is 0 Å². The van der Waals surface area contributed by atoms with E-state index in [1.807, 2.05) is 30.3 Å². The van der Waals surface area contributed by atoms with Crippen molar-refractivity contribution >= 4 is 12.6 Å². The number of benzene rings is 2. The van der Waals surface area contributed by atoms with Crippen LogP contribution in [0.1, 0.15) is 5.56 Å². The SMILES string of the molecule is Cc1ccc(-c2nc(S)c(-c3ccccc3)[nH]2)cc1. The number of aryl methyl sites for hydroxylation is 1. The summed E-state index contributed by atoms with van der Waals surface area (Å²) in [6, 6.07) is 18.4. The van der Waals surface area contributed by atoms with Crippen LogP contribution in [0.2, 0.25) is 0 Å². The van der Waals surface area contributed by atoms with Gasteiger partial charge in [-0.05, 0) is 6.92 Å². The lowest BCUT2D eigenvalue weighted by Gasteiger charge is -1.98. The number of nitrogens with one attached hydrogen (secondary N) is 1. The molecule has 0 radical (unpaired) electrons.